The molecule has 0 radical (unpaired) electrons. The number of carbonyl (C=O) groups excluding carboxylic acids is 1. The van der Waals surface area contributed by atoms with Crippen molar-refractivity contribution in [3.63, 3.8) is 0 Å². The first kappa shape index (κ1) is 15.7. The molecule has 1 saturated heterocycles. The summed E-state index contributed by atoms with van der Waals surface area (Å²) in [6, 6.07) is 10.8. The highest BCUT2D eigenvalue weighted by Crippen LogP contribution is 2.26. The van der Waals surface area contributed by atoms with Gasteiger partial charge >= 0.3 is 0 Å². The summed E-state index contributed by atoms with van der Waals surface area (Å²) >= 11 is 0. The van der Waals surface area contributed by atoms with Gasteiger partial charge in [0.25, 0.3) is 5.91 Å². The van der Waals surface area contributed by atoms with E-state index in [1.54, 1.807) is 6.33 Å². The maximum atomic E-state index is 12.5. The standard InChI is InChI=1S/C18H24N4O/c1-13(2)22-11-17(19-12-22)18(23)20-16-10-21(3)9-15(16)14-7-5-4-6-8-14/h4-8,11-13,15-16H,9-10H2,1-3H3,(H,20,23)/t15-,16-/m1/s1. The van der Waals surface area contributed by atoms with Gasteiger partial charge in [0, 0.05) is 37.3 Å². The number of hydrogen-bond donors (Lipinski definition) is 1. The van der Waals surface area contributed by atoms with Crippen molar-refractivity contribution in [2.45, 2.75) is 31.8 Å². The molecule has 3 rings (SSSR count). The van der Waals surface area contributed by atoms with Crippen molar-refractivity contribution < 1.29 is 4.79 Å². The van der Waals surface area contributed by atoms with Gasteiger partial charge in [-0.3, -0.25) is 4.79 Å². The van der Waals surface area contributed by atoms with E-state index < -0.39 is 0 Å². The van der Waals surface area contributed by atoms with Crippen LogP contribution in [0, 0.1) is 0 Å². The van der Waals surface area contributed by atoms with Crippen LogP contribution < -0.4 is 5.32 Å². The molecule has 0 aliphatic carbocycles. The normalized spacial score (nSPS) is 21.7. The van der Waals surface area contributed by atoms with Crippen LogP contribution in [0.25, 0.3) is 0 Å². The van der Waals surface area contributed by atoms with Gasteiger partial charge in [-0.25, -0.2) is 4.98 Å². The van der Waals surface area contributed by atoms with Crippen molar-refractivity contribution in [3.05, 3.63) is 54.1 Å². The van der Waals surface area contributed by atoms with Crippen LogP contribution in [0.4, 0.5) is 0 Å². The number of aromatic nitrogens is 2. The van der Waals surface area contributed by atoms with Crippen molar-refractivity contribution in [1.29, 1.82) is 0 Å². The van der Waals surface area contributed by atoms with Gasteiger partial charge in [-0.05, 0) is 26.5 Å². The maximum Gasteiger partial charge on any atom is 0.271 e. The van der Waals surface area contributed by atoms with Crippen molar-refractivity contribution >= 4 is 5.91 Å². The average Bonchev–Trinajstić information content (AvgIpc) is 3.15. The molecule has 0 saturated carbocycles. The van der Waals surface area contributed by atoms with Crippen LogP contribution in [0.15, 0.2) is 42.9 Å². The van der Waals surface area contributed by atoms with Crippen LogP contribution in [-0.2, 0) is 0 Å². The molecule has 1 N–H and O–H groups in total. The van der Waals surface area contributed by atoms with Gasteiger partial charge in [0.15, 0.2) is 0 Å². The molecule has 5 nitrogen and oxygen atoms in total. The lowest BCUT2D eigenvalue weighted by Crippen LogP contribution is -2.39. The largest absolute Gasteiger partial charge is 0.346 e. The molecule has 5 heteroatoms. The minimum Gasteiger partial charge on any atom is -0.346 e. The molecule has 1 aliphatic heterocycles. The highest BCUT2D eigenvalue weighted by atomic mass is 16.2. The van der Waals surface area contributed by atoms with E-state index in [9.17, 15) is 4.79 Å². The van der Waals surface area contributed by atoms with Gasteiger partial charge in [-0.1, -0.05) is 30.3 Å². The Balaban J connectivity index is 1.73. The monoisotopic (exact) mass is 312 g/mol. The topological polar surface area (TPSA) is 50.2 Å². The fourth-order valence-electron chi connectivity index (χ4n) is 3.16. The zero-order valence-corrected chi connectivity index (χ0v) is 13.9. The zero-order valence-electron chi connectivity index (χ0n) is 13.9. The van der Waals surface area contributed by atoms with E-state index >= 15 is 0 Å². The third kappa shape index (κ3) is 3.45. The number of nitrogens with zero attached hydrogens (tertiary/aromatic N) is 3. The Labute approximate surface area is 137 Å². The van der Waals surface area contributed by atoms with Gasteiger partial charge < -0.3 is 14.8 Å². The first-order valence-corrected chi connectivity index (χ1v) is 8.12. The van der Waals surface area contributed by atoms with Gasteiger partial charge in [0.2, 0.25) is 0 Å². The number of amides is 1. The minimum absolute atomic E-state index is 0.0920. The molecule has 0 bridgehead atoms. The fourth-order valence-corrected chi connectivity index (χ4v) is 3.16. The molecule has 23 heavy (non-hydrogen) atoms. The second-order valence-corrected chi connectivity index (χ2v) is 6.62. The van der Waals surface area contributed by atoms with Crippen molar-refractivity contribution in [1.82, 2.24) is 19.8 Å². The zero-order chi connectivity index (χ0) is 16.4. The maximum absolute atomic E-state index is 12.5. The second-order valence-electron chi connectivity index (χ2n) is 6.62. The smallest absolute Gasteiger partial charge is 0.271 e. The summed E-state index contributed by atoms with van der Waals surface area (Å²) in [5.74, 6) is 0.225. The summed E-state index contributed by atoms with van der Waals surface area (Å²) in [5.41, 5.74) is 1.76. The molecular formula is C18H24N4O. The first-order valence-electron chi connectivity index (χ1n) is 8.12. The third-order valence-electron chi connectivity index (χ3n) is 4.48. The van der Waals surface area contributed by atoms with Crippen LogP contribution >= 0.6 is 0 Å². The molecule has 2 heterocycles. The van der Waals surface area contributed by atoms with E-state index in [0.29, 0.717) is 17.7 Å². The summed E-state index contributed by atoms with van der Waals surface area (Å²) in [4.78, 5) is 19.0. The Morgan fingerprint density at radius 1 is 1.26 bits per heavy atom. The molecule has 1 aromatic carbocycles. The van der Waals surface area contributed by atoms with E-state index in [2.05, 4.69) is 60.4 Å². The second kappa shape index (κ2) is 6.54. The number of benzene rings is 1. The predicted octanol–water partition coefficient (Wildman–Crippen LogP) is 2.29. The Hall–Kier alpha value is -2.14. The van der Waals surface area contributed by atoms with Crippen molar-refractivity contribution in [2.75, 3.05) is 20.1 Å². The molecule has 2 atom stereocenters. The van der Waals surface area contributed by atoms with E-state index in [1.807, 2.05) is 16.8 Å². The van der Waals surface area contributed by atoms with E-state index in [0.717, 1.165) is 13.1 Å². The Morgan fingerprint density at radius 2 is 2.00 bits per heavy atom. The number of likely N-dealkylation sites (N-methyl/N-ethyl adjacent to an activating group) is 1. The van der Waals surface area contributed by atoms with E-state index in [-0.39, 0.29) is 11.9 Å². The third-order valence-corrected chi connectivity index (χ3v) is 4.48. The lowest BCUT2D eigenvalue weighted by atomic mass is 9.94. The van der Waals surface area contributed by atoms with Crippen LogP contribution in [0.3, 0.4) is 0 Å². The van der Waals surface area contributed by atoms with Gasteiger partial charge in [0.1, 0.15) is 5.69 Å². The van der Waals surface area contributed by atoms with Gasteiger partial charge in [0.05, 0.1) is 6.33 Å². The number of likely N-dealkylation sites (tertiary alicyclic amines) is 1. The Kier molecular flexibility index (Phi) is 4.48. The first-order chi connectivity index (χ1) is 11.0. The van der Waals surface area contributed by atoms with Crippen molar-refractivity contribution in [2.24, 2.45) is 0 Å². The molecule has 1 amide bonds. The van der Waals surface area contributed by atoms with Crippen LogP contribution in [-0.4, -0.2) is 46.5 Å². The van der Waals surface area contributed by atoms with Gasteiger partial charge in [-0.2, -0.15) is 0 Å². The Morgan fingerprint density at radius 3 is 2.65 bits per heavy atom. The van der Waals surface area contributed by atoms with E-state index in [1.165, 1.54) is 5.56 Å². The molecule has 1 aromatic heterocycles. The number of hydrogen-bond acceptors (Lipinski definition) is 3. The minimum atomic E-state index is -0.0920. The number of carbonyl (C=O) groups is 1. The SMILES string of the molecule is CC(C)n1cnc(C(=O)N[C@@H]2CN(C)C[C@@H]2c2ccccc2)c1. The van der Waals surface area contributed by atoms with Crippen LogP contribution in [0.5, 0.6) is 0 Å². The highest BCUT2D eigenvalue weighted by Gasteiger charge is 2.33. The van der Waals surface area contributed by atoms with Gasteiger partial charge in [-0.15, -0.1) is 0 Å². The van der Waals surface area contributed by atoms with Crippen LogP contribution in [0.2, 0.25) is 0 Å². The van der Waals surface area contributed by atoms with Crippen LogP contribution in [0.1, 0.15) is 41.9 Å². The average molecular weight is 312 g/mol. The molecule has 1 fully saturated rings. The Bertz CT molecular complexity index is 665. The fraction of sp³-hybridized carbons (Fsp3) is 0.444. The molecular weight excluding hydrogens is 288 g/mol. The summed E-state index contributed by atoms with van der Waals surface area (Å²) < 4.78 is 1.95. The number of nitrogens with one attached hydrogen (secondary N) is 1. The molecule has 2 aromatic rings. The number of rotatable bonds is 4. The molecule has 1 aliphatic rings. The highest BCUT2D eigenvalue weighted by molar-refractivity contribution is 5.92. The van der Waals surface area contributed by atoms with Crippen molar-refractivity contribution in [3.8, 4) is 0 Å². The summed E-state index contributed by atoms with van der Waals surface area (Å²) in [5, 5.41) is 3.17. The lowest BCUT2D eigenvalue weighted by Gasteiger charge is -2.19. The molecule has 0 unspecified atom stereocenters. The summed E-state index contributed by atoms with van der Waals surface area (Å²) in [7, 11) is 2.09. The predicted molar refractivity (Wildman–Crippen MR) is 90.5 cm³/mol. The molecule has 0 spiro atoms. The quantitative estimate of drug-likeness (QED) is 0.942. The molecule has 122 valence electrons. The lowest BCUT2D eigenvalue weighted by molar-refractivity contribution is 0.0931. The van der Waals surface area contributed by atoms with E-state index in [4.69, 9.17) is 0 Å². The summed E-state index contributed by atoms with van der Waals surface area (Å²) in [6.45, 7) is 5.95. The summed E-state index contributed by atoms with van der Waals surface area (Å²) in [6.07, 6.45) is 3.53. The number of imidazole rings is 1.